The summed E-state index contributed by atoms with van der Waals surface area (Å²) >= 11 is 18.2. The van der Waals surface area contributed by atoms with Crippen molar-refractivity contribution in [1.29, 1.82) is 0 Å². The van der Waals surface area contributed by atoms with E-state index in [4.69, 9.17) is 34.8 Å². The summed E-state index contributed by atoms with van der Waals surface area (Å²) in [6.45, 7) is 3.23. The first-order valence-electron chi connectivity index (χ1n) is 10.2. The van der Waals surface area contributed by atoms with Crippen molar-refractivity contribution in [1.82, 2.24) is 4.98 Å². The van der Waals surface area contributed by atoms with Crippen LogP contribution in [0, 0.1) is 13.8 Å². The summed E-state index contributed by atoms with van der Waals surface area (Å²) in [5, 5.41) is 11.4. The van der Waals surface area contributed by atoms with E-state index < -0.39 is 35.6 Å². The number of pyridine rings is 1. The second kappa shape index (κ2) is 9.60. The van der Waals surface area contributed by atoms with Crippen LogP contribution in [0.3, 0.4) is 0 Å². The summed E-state index contributed by atoms with van der Waals surface area (Å²) in [6, 6.07) is 12.8. The van der Waals surface area contributed by atoms with Gasteiger partial charge < -0.3 is 5.11 Å². The zero-order valence-electron chi connectivity index (χ0n) is 18.7. The van der Waals surface area contributed by atoms with E-state index in [0.29, 0.717) is 21.2 Å². The molecule has 0 aliphatic rings. The predicted octanol–water partition coefficient (Wildman–Crippen LogP) is 6.12. The summed E-state index contributed by atoms with van der Waals surface area (Å²) < 4.78 is 58.4. The molecule has 0 aliphatic heterocycles. The molecule has 0 radical (unpaired) electrons. The molecule has 0 saturated carbocycles. The van der Waals surface area contributed by atoms with Crippen molar-refractivity contribution < 1.29 is 21.9 Å². The van der Waals surface area contributed by atoms with Crippen LogP contribution in [0.25, 0.3) is 10.9 Å². The molecule has 8 nitrogen and oxygen atoms in total. The number of aromatic nitrogens is 1. The number of anilines is 2. The summed E-state index contributed by atoms with van der Waals surface area (Å²) in [7, 11) is -8.91. The molecule has 3 aromatic carbocycles. The maximum absolute atomic E-state index is 13.5. The third-order valence-electron chi connectivity index (χ3n) is 5.45. The molecule has 0 aliphatic carbocycles. The SMILES string of the molecule is Cc1c(Cl)cccc1NS(=O)(=O)c1cc(S(=O)(=O)Nc2cccc(Cl)c2C)c2ccc(Cl)nc2c1O. The molecular weight excluding hydrogens is 569 g/mol. The van der Waals surface area contributed by atoms with Crippen LogP contribution in [0.5, 0.6) is 5.75 Å². The van der Waals surface area contributed by atoms with Crippen molar-refractivity contribution in [2.24, 2.45) is 0 Å². The Labute approximate surface area is 223 Å². The molecule has 0 atom stereocenters. The molecule has 36 heavy (non-hydrogen) atoms. The highest BCUT2D eigenvalue weighted by Gasteiger charge is 2.29. The summed E-state index contributed by atoms with van der Waals surface area (Å²) in [5.74, 6) is -0.766. The lowest BCUT2D eigenvalue weighted by atomic mass is 10.2. The first-order valence-corrected chi connectivity index (χ1v) is 14.3. The first-order chi connectivity index (χ1) is 16.8. The molecule has 3 N–H and O–H groups in total. The number of phenols is 1. The van der Waals surface area contributed by atoms with Crippen LogP contribution in [0.2, 0.25) is 15.2 Å². The monoisotopic (exact) mass is 585 g/mol. The van der Waals surface area contributed by atoms with Gasteiger partial charge in [-0.05, 0) is 67.4 Å². The Morgan fingerprint density at radius 2 is 1.25 bits per heavy atom. The van der Waals surface area contributed by atoms with Crippen molar-refractivity contribution in [2.45, 2.75) is 23.6 Å². The zero-order chi connectivity index (χ0) is 26.4. The lowest BCUT2D eigenvalue weighted by molar-refractivity contribution is 0.463. The molecule has 4 rings (SSSR count). The molecule has 0 spiro atoms. The van der Waals surface area contributed by atoms with Crippen LogP contribution in [0.15, 0.2) is 64.4 Å². The van der Waals surface area contributed by atoms with Crippen molar-refractivity contribution in [3.63, 3.8) is 0 Å². The molecule has 0 unspecified atom stereocenters. The Balaban J connectivity index is 1.93. The largest absolute Gasteiger partial charge is 0.504 e. The molecule has 4 aromatic rings. The minimum absolute atomic E-state index is 0.0398. The predicted molar refractivity (Wildman–Crippen MR) is 142 cm³/mol. The van der Waals surface area contributed by atoms with E-state index in [1.54, 1.807) is 38.1 Å². The standard InChI is InChI=1S/C23H18Cl3N3O5S2/c1-12-15(24)5-3-7-17(12)28-35(31,32)19-11-20(23(30)22-14(19)9-10-21(26)27-22)36(33,34)29-18-8-4-6-16(25)13(18)2/h3-11,28-30H,1-2H3. The number of benzene rings is 3. The van der Waals surface area contributed by atoms with Gasteiger partial charge in [-0.15, -0.1) is 0 Å². The van der Waals surface area contributed by atoms with Gasteiger partial charge in [0.15, 0.2) is 5.75 Å². The molecule has 0 fully saturated rings. The number of nitrogens with zero attached hydrogens (tertiary/aromatic N) is 1. The fourth-order valence-corrected chi connectivity index (χ4v) is 6.62. The molecule has 188 valence electrons. The topological polar surface area (TPSA) is 125 Å². The number of phenolic OH excluding ortho intramolecular Hbond substituents is 1. The molecule has 0 amide bonds. The fraction of sp³-hybridized carbons (Fsp3) is 0.0870. The number of aromatic hydroxyl groups is 1. The van der Waals surface area contributed by atoms with Gasteiger partial charge >= 0.3 is 0 Å². The number of rotatable bonds is 6. The minimum atomic E-state index is -4.51. The van der Waals surface area contributed by atoms with Crippen LogP contribution in [0.4, 0.5) is 11.4 Å². The van der Waals surface area contributed by atoms with Crippen LogP contribution >= 0.6 is 34.8 Å². The number of fused-ring (bicyclic) bond motifs is 1. The third-order valence-corrected chi connectivity index (χ3v) is 9.26. The van der Waals surface area contributed by atoms with E-state index in [0.717, 1.165) is 6.07 Å². The second-order valence-electron chi connectivity index (χ2n) is 7.79. The summed E-state index contributed by atoms with van der Waals surface area (Å²) in [4.78, 5) is 2.83. The zero-order valence-corrected chi connectivity index (χ0v) is 22.6. The third kappa shape index (κ3) is 4.91. The van der Waals surface area contributed by atoms with Gasteiger partial charge in [-0.2, -0.15) is 0 Å². The van der Waals surface area contributed by atoms with Gasteiger partial charge in [-0.1, -0.05) is 46.9 Å². The number of hydrogen-bond donors (Lipinski definition) is 3. The number of hydrogen-bond acceptors (Lipinski definition) is 6. The highest BCUT2D eigenvalue weighted by molar-refractivity contribution is 7.93. The quantitative estimate of drug-likeness (QED) is 0.234. The highest BCUT2D eigenvalue weighted by Crippen LogP contribution is 2.38. The van der Waals surface area contributed by atoms with Crippen molar-refractivity contribution in [3.05, 3.63) is 80.9 Å². The molecular formula is C23H18Cl3N3O5S2. The normalized spacial score (nSPS) is 12.0. The van der Waals surface area contributed by atoms with Crippen LogP contribution in [-0.2, 0) is 20.0 Å². The van der Waals surface area contributed by atoms with E-state index in [9.17, 15) is 21.9 Å². The number of halogens is 3. The molecule has 1 heterocycles. The Bertz CT molecular complexity index is 1740. The maximum Gasteiger partial charge on any atom is 0.265 e. The lowest BCUT2D eigenvalue weighted by Crippen LogP contribution is -2.18. The number of nitrogens with one attached hydrogen (secondary N) is 2. The van der Waals surface area contributed by atoms with Gasteiger partial charge in [-0.25, -0.2) is 21.8 Å². The minimum Gasteiger partial charge on any atom is -0.504 e. The summed E-state index contributed by atoms with van der Waals surface area (Å²) in [5.41, 5.74) is 0.949. The number of sulfonamides is 2. The molecule has 1 aromatic heterocycles. The Morgan fingerprint density at radius 3 is 1.78 bits per heavy atom. The Hall–Kier alpha value is -2.76. The van der Waals surface area contributed by atoms with Crippen molar-refractivity contribution in [2.75, 3.05) is 9.44 Å². The van der Waals surface area contributed by atoms with Gasteiger partial charge in [-0.3, -0.25) is 9.44 Å². The second-order valence-corrected chi connectivity index (χ2v) is 12.3. The first kappa shape index (κ1) is 26.3. The Morgan fingerprint density at radius 1 is 0.750 bits per heavy atom. The van der Waals surface area contributed by atoms with Gasteiger partial charge in [0.05, 0.1) is 16.3 Å². The van der Waals surface area contributed by atoms with Gasteiger partial charge in [0.2, 0.25) is 0 Å². The van der Waals surface area contributed by atoms with Gasteiger partial charge in [0.1, 0.15) is 15.6 Å². The van der Waals surface area contributed by atoms with Gasteiger partial charge in [0.25, 0.3) is 20.0 Å². The van der Waals surface area contributed by atoms with E-state index in [1.807, 2.05) is 0 Å². The maximum atomic E-state index is 13.5. The van der Waals surface area contributed by atoms with Crippen molar-refractivity contribution in [3.8, 4) is 5.75 Å². The fourth-order valence-electron chi connectivity index (χ4n) is 3.46. The molecule has 0 saturated heterocycles. The van der Waals surface area contributed by atoms with E-state index in [1.165, 1.54) is 24.3 Å². The van der Waals surface area contributed by atoms with E-state index in [-0.39, 0.29) is 27.4 Å². The highest BCUT2D eigenvalue weighted by atomic mass is 35.5. The molecule has 13 heteroatoms. The van der Waals surface area contributed by atoms with Crippen LogP contribution < -0.4 is 9.44 Å². The smallest absolute Gasteiger partial charge is 0.265 e. The van der Waals surface area contributed by atoms with Crippen LogP contribution in [0.1, 0.15) is 11.1 Å². The lowest BCUT2D eigenvalue weighted by Gasteiger charge is -2.17. The van der Waals surface area contributed by atoms with Crippen molar-refractivity contribution >= 4 is 77.1 Å². The summed E-state index contributed by atoms with van der Waals surface area (Å²) in [6.07, 6.45) is 0. The average Bonchev–Trinajstić information content (AvgIpc) is 2.80. The Kier molecular flexibility index (Phi) is 7.02. The average molecular weight is 587 g/mol. The molecule has 0 bridgehead atoms. The van der Waals surface area contributed by atoms with Crippen LogP contribution in [-0.4, -0.2) is 26.9 Å². The van der Waals surface area contributed by atoms with E-state index in [2.05, 4.69) is 14.4 Å². The van der Waals surface area contributed by atoms with Gasteiger partial charge in [0, 0.05) is 15.4 Å². The van der Waals surface area contributed by atoms with E-state index >= 15 is 0 Å².